The van der Waals surface area contributed by atoms with Gasteiger partial charge in [0.15, 0.2) is 0 Å². The van der Waals surface area contributed by atoms with E-state index in [0.29, 0.717) is 13.0 Å². The van der Waals surface area contributed by atoms with Gasteiger partial charge in [0.1, 0.15) is 0 Å². The van der Waals surface area contributed by atoms with Crippen LogP contribution in [-0.2, 0) is 4.79 Å². The third-order valence-corrected chi connectivity index (χ3v) is 3.40. The van der Waals surface area contributed by atoms with E-state index >= 15 is 0 Å². The third-order valence-electron chi connectivity index (χ3n) is 3.40. The lowest BCUT2D eigenvalue weighted by Crippen LogP contribution is -2.24. The van der Waals surface area contributed by atoms with Gasteiger partial charge >= 0.3 is 0 Å². The van der Waals surface area contributed by atoms with Crippen molar-refractivity contribution < 1.29 is 9.90 Å². The van der Waals surface area contributed by atoms with Crippen LogP contribution in [0.25, 0.3) is 10.8 Å². The maximum absolute atomic E-state index is 11.9. The molecule has 0 bridgehead atoms. The first-order valence-corrected chi connectivity index (χ1v) is 6.03. The molecule has 4 heteroatoms. The standard InChI is InChI=1S/C14H14N2O2/c17-9-10-5-14(18)16(8-10)13-2-1-12-7-15-4-3-11(12)6-13/h1-4,6-7,10,17H,5,8-9H2. The number of anilines is 1. The Morgan fingerprint density at radius 1 is 1.33 bits per heavy atom. The summed E-state index contributed by atoms with van der Waals surface area (Å²) in [5.74, 6) is 0.146. The van der Waals surface area contributed by atoms with Crippen molar-refractivity contribution in [2.45, 2.75) is 6.42 Å². The number of amides is 1. The fourth-order valence-electron chi connectivity index (χ4n) is 2.39. The molecule has 1 atom stereocenters. The summed E-state index contributed by atoms with van der Waals surface area (Å²) < 4.78 is 0. The van der Waals surface area contributed by atoms with Crippen molar-refractivity contribution in [3.05, 3.63) is 36.7 Å². The van der Waals surface area contributed by atoms with Gasteiger partial charge in [0.25, 0.3) is 0 Å². The molecule has 2 aromatic rings. The second-order valence-corrected chi connectivity index (χ2v) is 4.66. The molecule has 0 saturated carbocycles. The van der Waals surface area contributed by atoms with Crippen LogP contribution in [0.15, 0.2) is 36.7 Å². The molecule has 1 fully saturated rings. The minimum atomic E-state index is 0.0608. The summed E-state index contributed by atoms with van der Waals surface area (Å²) >= 11 is 0. The van der Waals surface area contributed by atoms with Crippen molar-refractivity contribution in [3.63, 3.8) is 0 Å². The Labute approximate surface area is 105 Å². The van der Waals surface area contributed by atoms with Crippen molar-refractivity contribution in [2.24, 2.45) is 5.92 Å². The van der Waals surface area contributed by atoms with Crippen molar-refractivity contribution in [1.29, 1.82) is 0 Å². The molecule has 1 aliphatic heterocycles. The zero-order valence-corrected chi connectivity index (χ0v) is 9.91. The lowest BCUT2D eigenvalue weighted by Gasteiger charge is -2.17. The van der Waals surface area contributed by atoms with E-state index in [2.05, 4.69) is 4.98 Å². The Morgan fingerprint density at radius 3 is 3.00 bits per heavy atom. The highest BCUT2D eigenvalue weighted by atomic mass is 16.3. The van der Waals surface area contributed by atoms with E-state index in [4.69, 9.17) is 5.11 Å². The minimum absolute atomic E-state index is 0.0608. The zero-order chi connectivity index (χ0) is 12.5. The van der Waals surface area contributed by atoms with Gasteiger partial charge in [-0.25, -0.2) is 0 Å². The first kappa shape index (κ1) is 11.2. The number of hydrogen-bond donors (Lipinski definition) is 1. The molecule has 1 amide bonds. The molecule has 4 nitrogen and oxygen atoms in total. The molecule has 0 radical (unpaired) electrons. The predicted molar refractivity (Wildman–Crippen MR) is 69.3 cm³/mol. The Balaban J connectivity index is 1.97. The first-order chi connectivity index (χ1) is 8.78. The lowest BCUT2D eigenvalue weighted by molar-refractivity contribution is -0.117. The fraction of sp³-hybridized carbons (Fsp3) is 0.286. The second-order valence-electron chi connectivity index (χ2n) is 4.66. The Bertz CT molecular complexity index is 597. The minimum Gasteiger partial charge on any atom is -0.396 e. The monoisotopic (exact) mass is 242 g/mol. The number of carbonyl (C=O) groups is 1. The Hall–Kier alpha value is -1.94. The summed E-state index contributed by atoms with van der Waals surface area (Å²) in [6.07, 6.45) is 3.99. The number of fused-ring (bicyclic) bond motifs is 1. The van der Waals surface area contributed by atoms with Crippen molar-refractivity contribution >= 4 is 22.4 Å². The molecule has 3 rings (SSSR count). The highest BCUT2D eigenvalue weighted by Crippen LogP contribution is 2.27. The van der Waals surface area contributed by atoms with Crippen molar-refractivity contribution in [1.82, 2.24) is 4.98 Å². The molecule has 1 aliphatic rings. The van der Waals surface area contributed by atoms with Crippen molar-refractivity contribution in [2.75, 3.05) is 18.1 Å². The van der Waals surface area contributed by atoms with Gasteiger partial charge in [-0.05, 0) is 23.6 Å². The highest BCUT2D eigenvalue weighted by molar-refractivity contribution is 5.98. The molecule has 1 unspecified atom stereocenters. The van der Waals surface area contributed by atoms with Crippen LogP contribution in [0.3, 0.4) is 0 Å². The lowest BCUT2D eigenvalue weighted by atomic mass is 10.1. The van der Waals surface area contributed by atoms with Gasteiger partial charge in [0.05, 0.1) is 0 Å². The van der Waals surface area contributed by atoms with Crippen molar-refractivity contribution in [3.8, 4) is 0 Å². The SMILES string of the molecule is O=C1CC(CO)CN1c1ccc2cnccc2c1. The van der Waals surface area contributed by atoms with E-state index in [9.17, 15) is 4.79 Å². The molecule has 1 aromatic heterocycles. The molecule has 92 valence electrons. The average Bonchev–Trinajstić information content (AvgIpc) is 2.79. The summed E-state index contributed by atoms with van der Waals surface area (Å²) in [6.45, 7) is 0.672. The molecular formula is C14H14N2O2. The quantitative estimate of drug-likeness (QED) is 0.870. The van der Waals surface area contributed by atoms with Gasteiger partial charge in [-0.1, -0.05) is 6.07 Å². The summed E-state index contributed by atoms with van der Waals surface area (Å²) in [5, 5.41) is 11.3. The molecule has 2 heterocycles. The number of benzene rings is 1. The second kappa shape index (κ2) is 4.38. The van der Waals surface area contributed by atoms with Gasteiger partial charge in [0, 0.05) is 49.0 Å². The topological polar surface area (TPSA) is 53.4 Å². The number of hydrogen-bond acceptors (Lipinski definition) is 3. The van der Waals surface area contributed by atoms with E-state index in [0.717, 1.165) is 16.5 Å². The van der Waals surface area contributed by atoms with Crippen LogP contribution in [0.1, 0.15) is 6.42 Å². The van der Waals surface area contributed by atoms with Gasteiger partial charge in [-0.2, -0.15) is 0 Å². The molecule has 0 aliphatic carbocycles. The van der Waals surface area contributed by atoms with Gasteiger partial charge < -0.3 is 10.0 Å². The largest absolute Gasteiger partial charge is 0.396 e. The number of rotatable bonds is 2. The number of aromatic nitrogens is 1. The fourth-order valence-corrected chi connectivity index (χ4v) is 2.39. The number of aliphatic hydroxyl groups excluding tert-OH is 1. The van der Waals surface area contributed by atoms with Crippen LogP contribution in [0, 0.1) is 5.92 Å². The van der Waals surface area contributed by atoms with E-state index in [1.54, 1.807) is 17.3 Å². The molecule has 1 aromatic carbocycles. The number of aliphatic hydroxyl groups is 1. The predicted octanol–water partition coefficient (Wildman–Crippen LogP) is 1.58. The first-order valence-electron chi connectivity index (χ1n) is 6.03. The summed E-state index contributed by atoms with van der Waals surface area (Å²) in [4.78, 5) is 17.7. The molecule has 1 saturated heterocycles. The number of pyridine rings is 1. The molecule has 18 heavy (non-hydrogen) atoms. The van der Waals surface area contributed by atoms with Gasteiger partial charge in [-0.15, -0.1) is 0 Å². The van der Waals surface area contributed by atoms with Crippen LogP contribution < -0.4 is 4.90 Å². The van der Waals surface area contributed by atoms with Crippen LogP contribution in [0.4, 0.5) is 5.69 Å². The van der Waals surface area contributed by atoms with Crippen LogP contribution >= 0.6 is 0 Å². The van der Waals surface area contributed by atoms with Gasteiger partial charge in [0.2, 0.25) is 5.91 Å². The third kappa shape index (κ3) is 1.84. The van der Waals surface area contributed by atoms with Gasteiger partial charge in [-0.3, -0.25) is 9.78 Å². The maximum Gasteiger partial charge on any atom is 0.227 e. The Morgan fingerprint density at radius 2 is 2.22 bits per heavy atom. The zero-order valence-electron chi connectivity index (χ0n) is 9.91. The summed E-state index contributed by atoms with van der Waals surface area (Å²) in [5.41, 5.74) is 0.898. The molecule has 1 N–H and O–H groups in total. The summed E-state index contributed by atoms with van der Waals surface area (Å²) in [6, 6.07) is 7.83. The van der Waals surface area contributed by atoms with E-state index in [-0.39, 0.29) is 18.4 Å². The number of nitrogens with zero attached hydrogens (tertiary/aromatic N) is 2. The van der Waals surface area contributed by atoms with Crippen LogP contribution in [-0.4, -0.2) is 29.1 Å². The highest BCUT2D eigenvalue weighted by Gasteiger charge is 2.29. The summed E-state index contributed by atoms with van der Waals surface area (Å²) in [7, 11) is 0. The van der Waals surface area contributed by atoms with Crippen LogP contribution in [0.5, 0.6) is 0 Å². The van der Waals surface area contributed by atoms with E-state index in [1.165, 1.54) is 0 Å². The van der Waals surface area contributed by atoms with E-state index < -0.39 is 0 Å². The average molecular weight is 242 g/mol. The Kier molecular flexibility index (Phi) is 2.72. The normalized spacial score (nSPS) is 19.7. The van der Waals surface area contributed by atoms with E-state index in [1.807, 2.05) is 24.3 Å². The molecule has 0 spiro atoms. The smallest absolute Gasteiger partial charge is 0.227 e. The number of carbonyl (C=O) groups excluding carboxylic acids is 1. The van der Waals surface area contributed by atoms with Crippen LogP contribution in [0.2, 0.25) is 0 Å². The molecular weight excluding hydrogens is 228 g/mol. The maximum atomic E-state index is 11.9.